The molecule has 1 aliphatic heterocycles. The fourth-order valence-corrected chi connectivity index (χ4v) is 5.09. The number of hydrogen-bond donors (Lipinski definition) is 1. The van der Waals surface area contributed by atoms with Crippen molar-refractivity contribution in [2.24, 2.45) is 0 Å². The van der Waals surface area contributed by atoms with Gasteiger partial charge in [0.15, 0.2) is 0 Å². The number of anilines is 2. The van der Waals surface area contributed by atoms with E-state index in [1.54, 1.807) is 24.3 Å². The van der Waals surface area contributed by atoms with E-state index in [1.807, 2.05) is 48.2 Å². The quantitative estimate of drug-likeness (QED) is 0.348. The van der Waals surface area contributed by atoms with Gasteiger partial charge >= 0.3 is 0 Å². The van der Waals surface area contributed by atoms with Gasteiger partial charge in [-0.1, -0.05) is 29.8 Å². The maximum atomic E-state index is 13.9. The molecule has 0 aliphatic carbocycles. The predicted molar refractivity (Wildman–Crippen MR) is 158 cm³/mol. The zero-order chi connectivity index (χ0) is 26.5. The summed E-state index contributed by atoms with van der Waals surface area (Å²) < 4.78 is 5.61. The number of aryl methyl sites for hydroxylation is 1. The molecule has 202 valence electrons. The second-order valence-electron chi connectivity index (χ2n) is 9.78. The van der Waals surface area contributed by atoms with Crippen LogP contribution in [0.15, 0.2) is 60.7 Å². The monoisotopic (exact) mass is 555 g/mol. The SMILES string of the molecule is COc1cc(NC(=O)c2ccccc2C)ccc1C(=O)N1CCCC(CCN(C)C)c2cc(Cl)ccc21.Cl. The lowest BCUT2D eigenvalue weighted by molar-refractivity contribution is 0.0983. The van der Waals surface area contributed by atoms with E-state index in [9.17, 15) is 9.59 Å². The zero-order valence-corrected chi connectivity index (χ0v) is 23.9. The molecule has 1 aliphatic rings. The minimum Gasteiger partial charge on any atom is -0.496 e. The maximum Gasteiger partial charge on any atom is 0.262 e. The third-order valence-corrected chi connectivity index (χ3v) is 7.14. The van der Waals surface area contributed by atoms with Gasteiger partial charge in [-0.15, -0.1) is 12.4 Å². The summed E-state index contributed by atoms with van der Waals surface area (Å²) in [5, 5.41) is 3.59. The molecule has 0 spiro atoms. The van der Waals surface area contributed by atoms with E-state index in [0.717, 1.165) is 42.6 Å². The molecule has 4 rings (SSSR count). The molecule has 1 N–H and O–H groups in total. The van der Waals surface area contributed by atoms with Crippen LogP contribution in [0.3, 0.4) is 0 Å². The third kappa shape index (κ3) is 6.68. The number of hydrogen-bond acceptors (Lipinski definition) is 4. The van der Waals surface area contributed by atoms with E-state index in [2.05, 4.69) is 24.3 Å². The number of carbonyl (C=O) groups is 2. The van der Waals surface area contributed by atoms with Crippen LogP contribution in [0.25, 0.3) is 0 Å². The Kier molecular flexibility index (Phi) is 10.2. The summed E-state index contributed by atoms with van der Waals surface area (Å²) in [5.74, 6) is 0.401. The van der Waals surface area contributed by atoms with Crippen molar-refractivity contribution in [3.05, 3.63) is 87.9 Å². The van der Waals surface area contributed by atoms with Gasteiger partial charge in [-0.2, -0.15) is 0 Å². The lowest BCUT2D eigenvalue weighted by atomic mass is 9.91. The fourth-order valence-electron chi connectivity index (χ4n) is 4.91. The Balaban J connectivity index is 0.00000400. The second-order valence-corrected chi connectivity index (χ2v) is 10.2. The number of halogens is 2. The summed E-state index contributed by atoms with van der Waals surface area (Å²) in [5.41, 5.74) is 4.52. The van der Waals surface area contributed by atoms with Crippen molar-refractivity contribution in [2.75, 3.05) is 44.5 Å². The van der Waals surface area contributed by atoms with Crippen molar-refractivity contribution in [3.63, 3.8) is 0 Å². The minimum absolute atomic E-state index is 0. The Labute approximate surface area is 236 Å². The molecule has 0 saturated heterocycles. The number of nitrogens with one attached hydrogen (secondary N) is 1. The molecule has 1 atom stereocenters. The van der Waals surface area contributed by atoms with Crippen LogP contribution in [-0.4, -0.2) is 51.0 Å². The van der Waals surface area contributed by atoms with Gasteiger partial charge in [-0.05, 0) is 100 Å². The summed E-state index contributed by atoms with van der Waals surface area (Å²) in [6.45, 7) is 3.48. The molecule has 1 unspecified atom stereocenters. The smallest absolute Gasteiger partial charge is 0.262 e. The standard InChI is InChI=1S/C30H34ClN3O3.ClH/c1-20-8-5-6-10-24(20)29(35)32-23-12-13-25(28(19-23)37-4)30(36)34-16-7-9-21(15-17-33(2)3)26-18-22(31)11-14-27(26)34;/h5-6,8,10-14,18-19,21H,7,9,15-17H2,1-4H3,(H,32,35);1H. The van der Waals surface area contributed by atoms with Crippen molar-refractivity contribution >= 4 is 47.2 Å². The topological polar surface area (TPSA) is 61.9 Å². The van der Waals surface area contributed by atoms with Gasteiger partial charge in [-0.25, -0.2) is 0 Å². The number of ether oxygens (including phenoxy) is 1. The first-order valence-corrected chi connectivity index (χ1v) is 13.0. The van der Waals surface area contributed by atoms with E-state index in [0.29, 0.717) is 40.0 Å². The first-order chi connectivity index (χ1) is 17.8. The van der Waals surface area contributed by atoms with Crippen LogP contribution in [0.4, 0.5) is 11.4 Å². The van der Waals surface area contributed by atoms with Gasteiger partial charge < -0.3 is 19.9 Å². The lowest BCUT2D eigenvalue weighted by Gasteiger charge is -2.26. The maximum absolute atomic E-state index is 13.9. The fraction of sp³-hybridized carbons (Fsp3) is 0.333. The Hall–Kier alpha value is -3.06. The predicted octanol–water partition coefficient (Wildman–Crippen LogP) is 6.81. The number of carbonyl (C=O) groups excluding carboxylic acids is 2. The van der Waals surface area contributed by atoms with Gasteiger partial charge in [0.1, 0.15) is 5.75 Å². The number of amides is 2. The number of fused-ring (bicyclic) bond motifs is 1. The van der Waals surface area contributed by atoms with Crippen molar-refractivity contribution in [1.29, 1.82) is 0 Å². The van der Waals surface area contributed by atoms with Crippen LogP contribution < -0.4 is 15.0 Å². The van der Waals surface area contributed by atoms with Gasteiger partial charge in [0.05, 0.1) is 12.7 Å². The molecule has 6 nitrogen and oxygen atoms in total. The van der Waals surface area contributed by atoms with Crippen molar-refractivity contribution in [1.82, 2.24) is 4.90 Å². The zero-order valence-electron chi connectivity index (χ0n) is 22.3. The Morgan fingerprint density at radius 1 is 1.08 bits per heavy atom. The highest BCUT2D eigenvalue weighted by Crippen LogP contribution is 2.39. The largest absolute Gasteiger partial charge is 0.496 e. The molecule has 38 heavy (non-hydrogen) atoms. The van der Waals surface area contributed by atoms with E-state index < -0.39 is 0 Å². The summed E-state index contributed by atoms with van der Waals surface area (Å²) in [6.07, 6.45) is 2.88. The molecule has 0 saturated carbocycles. The molecule has 3 aromatic rings. The highest BCUT2D eigenvalue weighted by Gasteiger charge is 2.29. The van der Waals surface area contributed by atoms with Crippen LogP contribution in [-0.2, 0) is 0 Å². The van der Waals surface area contributed by atoms with Crippen molar-refractivity contribution < 1.29 is 14.3 Å². The van der Waals surface area contributed by atoms with E-state index >= 15 is 0 Å². The average Bonchev–Trinajstić information content (AvgIpc) is 3.06. The highest BCUT2D eigenvalue weighted by atomic mass is 35.5. The Morgan fingerprint density at radius 2 is 1.84 bits per heavy atom. The van der Waals surface area contributed by atoms with Crippen LogP contribution in [0.1, 0.15) is 57.0 Å². The van der Waals surface area contributed by atoms with Gasteiger partial charge in [-0.3, -0.25) is 9.59 Å². The number of benzene rings is 3. The van der Waals surface area contributed by atoms with E-state index in [-0.39, 0.29) is 24.2 Å². The first-order valence-electron chi connectivity index (χ1n) is 12.6. The van der Waals surface area contributed by atoms with Crippen LogP contribution in [0.5, 0.6) is 5.75 Å². The summed E-state index contributed by atoms with van der Waals surface area (Å²) in [6, 6.07) is 18.4. The molecular formula is C30H35Cl2N3O3. The number of methoxy groups -OCH3 is 1. The van der Waals surface area contributed by atoms with Crippen LogP contribution in [0.2, 0.25) is 5.02 Å². The molecule has 1 heterocycles. The lowest BCUT2D eigenvalue weighted by Crippen LogP contribution is -2.32. The molecule has 8 heteroatoms. The molecule has 0 radical (unpaired) electrons. The highest BCUT2D eigenvalue weighted by molar-refractivity contribution is 6.30. The normalized spacial score (nSPS) is 14.8. The average molecular weight is 557 g/mol. The van der Waals surface area contributed by atoms with Gasteiger partial charge in [0.2, 0.25) is 0 Å². The van der Waals surface area contributed by atoms with Crippen molar-refractivity contribution in [3.8, 4) is 5.75 Å². The summed E-state index contributed by atoms with van der Waals surface area (Å²) in [7, 11) is 5.68. The minimum atomic E-state index is -0.207. The number of rotatable bonds is 7. The second kappa shape index (κ2) is 13.1. The molecule has 3 aromatic carbocycles. The van der Waals surface area contributed by atoms with Crippen molar-refractivity contribution in [2.45, 2.75) is 32.1 Å². The van der Waals surface area contributed by atoms with Gasteiger partial charge in [0.25, 0.3) is 11.8 Å². The molecule has 0 fully saturated rings. The summed E-state index contributed by atoms with van der Waals surface area (Å²) >= 11 is 6.39. The summed E-state index contributed by atoms with van der Waals surface area (Å²) in [4.78, 5) is 30.7. The van der Waals surface area contributed by atoms with Crippen LogP contribution in [0, 0.1) is 6.92 Å². The molecule has 2 amide bonds. The van der Waals surface area contributed by atoms with Crippen LogP contribution >= 0.6 is 24.0 Å². The first kappa shape index (κ1) is 29.5. The van der Waals surface area contributed by atoms with E-state index in [4.69, 9.17) is 16.3 Å². The Bertz CT molecular complexity index is 1300. The molecule has 0 aromatic heterocycles. The Morgan fingerprint density at radius 3 is 2.55 bits per heavy atom. The molecular weight excluding hydrogens is 521 g/mol. The van der Waals surface area contributed by atoms with E-state index in [1.165, 1.54) is 7.11 Å². The molecule has 0 bridgehead atoms. The third-order valence-electron chi connectivity index (χ3n) is 6.90. The number of nitrogens with zero attached hydrogens (tertiary/aromatic N) is 2. The van der Waals surface area contributed by atoms with Gasteiger partial charge in [0, 0.05) is 34.6 Å².